The fourth-order valence-electron chi connectivity index (χ4n) is 9.24. The fraction of sp³-hybridized carbons (Fsp3) is 0.714. The van der Waals surface area contributed by atoms with Gasteiger partial charge in [0.25, 0.3) is 0 Å². The standard InChI is InChI=1S/C28H34O9/c1-14(29)34-19-12-20(31)36-24(2,3)17-11-18(30)27(6)16(26(17,19)5)7-9-25(4)21(15-8-10-33-13-15)35-23(32)22-28(25,27)37-22/h8,10,13,16-17,19,21-22H,7,9,11-12H2,1-6H3/t16-,17-,19-,21-,22+,25-,26-,27+,28+/m1/s1. The average Bonchev–Trinajstić information content (AvgIpc) is 3.38. The molecule has 0 aromatic carbocycles. The Kier molecular flexibility index (Phi) is 4.82. The molecule has 2 aliphatic carbocycles. The molecule has 9 nitrogen and oxygen atoms in total. The molecule has 4 heterocycles. The molecular formula is C28H34O9. The minimum absolute atomic E-state index is 0.0263. The van der Waals surface area contributed by atoms with Crippen molar-refractivity contribution in [2.45, 2.75) is 96.7 Å². The van der Waals surface area contributed by atoms with Crippen molar-refractivity contribution in [3.8, 4) is 0 Å². The van der Waals surface area contributed by atoms with Gasteiger partial charge in [-0.25, -0.2) is 4.79 Å². The van der Waals surface area contributed by atoms with E-state index >= 15 is 0 Å². The van der Waals surface area contributed by atoms with Gasteiger partial charge >= 0.3 is 17.9 Å². The van der Waals surface area contributed by atoms with Gasteiger partial charge in [-0.1, -0.05) is 13.8 Å². The van der Waals surface area contributed by atoms with Crippen LogP contribution in [0.5, 0.6) is 0 Å². The van der Waals surface area contributed by atoms with Crippen LogP contribution in [-0.2, 0) is 38.1 Å². The van der Waals surface area contributed by atoms with Crippen molar-refractivity contribution in [3.05, 3.63) is 24.2 Å². The molecule has 37 heavy (non-hydrogen) atoms. The van der Waals surface area contributed by atoms with Gasteiger partial charge in [-0.15, -0.1) is 0 Å². The lowest BCUT2D eigenvalue weighted by atomic mass is 9.37. The van der Waals surface area contributed by atoms with Crippen molar-refractivity contribution in [2.75, 3.05) is 0 Å². The Labute approximate surface area is 215 Å². The number of ether oxygens (including phenoxy) is 4. The molecule has 1 aromatic rings. The minimum Gasteiger partial charge on any atom is -0.472 e. The average molecular weight is 515 g/mol. The Morgan fingerprint density at radius 3 is 2.41 bits per heavy atom. The number of carbonyl (C=O) groups excluding carboxylic acids is 4. The fourth-order valence-corrected chi connectivity index (χ4v) is 9.24. The van der Waals surface area contributed by atoms with Gasteiger partial charge in [0.15, 0.2) is 6.10 Å². The molecule has 0 radical (unpaired) electrons. The molecule has 3 aliphatic heterocycles. The van der Waals surface area contributed by atoms with Crippen LogP contribution in [0.15, 0.2) is 23.0 Å². The first-order valence-corrected chi connectivity index (χ1v) is 13.1. The van der Waals surface area contributed by atoms with E-state index in [1.165, 1.54) is 13.2 Å². The summed E-state index contributed by atoms with van der Waals surface area (Å²) >= 11 is 0. The molecule has 0 N–H and O–H groups in total. The Morgan fingerprint density at radius 1 is 1.03 bits per heavy atom. The minimum atomic E-state index is -1.09. The van der Waals surface area contributed by atoms with Gasteiger partial charge in [0.2, 0.25) is 0 Å². The van der Waals surface area contributed by atoms with Crippen molar-refractivity contribution in [2.24, 2.45) is 28.1 Å². The monoisotopic (exact) mass is 514 g/mol. The third kappa shape index (κ3) is 2.79. The zero-order valence-corrected chi connectivity index (χ0v) is 22.1. The summed E-state index contributed by atoms with van der Waals surface area (Å²) in [6.07, 6.45) is 2.06. The highest BCUT2D eigenvalue weighted by atomic mass is 16.7. The molecule has 9 heteroatoms. The van der Waals surface area contributed by atoms with Gasteiger partial charge in [-0.3, -0.25) is 14.4 Å². The highest BCUT2D eigenvalue weighted by Gasteiger charge is 2.88. The van der Waals surface area contributed by atoms with Crippen LogP contribution in [0.4, 0.5) is 0 Å². The lowest BCUT2D eigenvalue weighted by Crippen LogP contribution is -2.72. The molecule has 0 unspecified atom stereocenters. The van der Waals surface area contributed by atoms with Gasteiger partial charge in [-0.05, 0) is 45.6 Å². The molecule has 2 saturated carbocycles. The van der Waals surface area contributed by atoms with Crippen LogP contribution in [0.1, 0.15) is 78.9 Å². The van der Waals surface area contributed by atoms with E-state index in [-0.39, 0.29) is 30.5 Å². The van der Waals surface area contributed by atoms with Crippen LogP contribution in [0.3, 0.4) is 0 Å². The van der Waals surface area contributed by atoms with Crippen molar-refractivity contribution in [1.82, 2.24) is 0 Å². The molecule has 5 aliphatic rings. The number of hydrogen-bond donors (Lipinski definition) is 0. The number of carbonyl (C=O) groups is 4. The lowest BCUT2D eigenvalue weighted by Gasteiger charge is -2.66. The molecule has 5 fully saturated rings. The number of fused-ring (bicyclic) bond motifs is 3. The number of Topliss-reactive ketones (excluding diaryl/α,β-unsaturated/α-hetero) is 1. The Bertz CT molecular complexity index is 1200. The maximum absolute atomic E-state index is 14.4. The topological polar surface area (TPSA) is 122 Å². The van der Waals surface area contributed by atoms with E-state index in [1.807, 2.05) is 34.6 Å². The summed E-state index contributed by atoms with van der Waals surface area (Å²) in [7, 11) is 0. The van der Waals surface area contributed by atoms with Crippen LogP contribution in [0.2, 0.25) is 0 Å². The smallest absolute Gasteiger partial charge is 0.339 e. The highest BCUT2D eigenvalue weighted by Crippen LogP contribution is 2.78. The van der Waals surface area contributed by atoms with Crippen LogP contribution in [-0.4, -0.2) is 47.1 Å². The van der Waals surface area contributed by atoms with E-state index in [2.05, 4.69) is 0 Å². The second kappa shape index (κ2) is 7.24. The van der Waals surface area contributed by atoms with Crippen molar-refractivity contribution in [3.63, 3.8) is 0 Å². The van der Waals surface area contributed by atoms with E-state index < -0.39 is 63.7 Å². The summed E-state index contributed by atoms with van der Waals surface area (Å²) in [4.78, 5) is 52.7. The summed E-state index contributed by atoms with van der Waals surface area (Å²) in [5.41, 5.74) is -3.88. The molecule has 0 amide bonds. The SMILES string of the molecule is CC(=O)O[C@@H]1CC(=O)OC(C)(C)[C@H]2CC(=O)[C@]3(C)[C@H](CC[C@]4(C)[C@@H](c5ccoc5)OC(=O)[C@@H]5O[C@@]543)[C@]21C. The lowest BCUT2D eigenvalue weighted by molar-refractivity contribution is -0.234. The van der Waals surface area contributed by atoms with Gasteiger partial charge in [0.05, 0.1) is 24.4 Å². The number of epoxide rings is 1. The summed E-state index contributed by atoms with van der Waals surface area (Å²) in [6, 6.07) is 1.78. The predicted octanol–water partition coefficient (Wildman–Crippen LogP) is 3.69. The van der Waals surface area contributed by atoms with Crippen molar-refractivity contribution in [1.29, 1.82) is 0 Å². The molecule has 1 spiro atoms. The second-order valence-corrected chi connectivity index (χ2v) is 12.7. The largest absolute Gasteiger partial charge is 0.472 e. The van der Waals surface area contributed by atoms with Crippen LogP contribution in [0.25, 0.3) is 0 Å². The summed E-state index contributed by atoms with van der Waals surface area (Å²) in [5, 5.41) is 0. The Morgan fingerprint density at radius 2 is 1.76 bits per heavy atom. The molecule has 1 aromatic heterocycles. The third-order valence-corrected chi connectivity index (χ3v) is 10.8. The second-order valence-electron chi connectivity index (χ2n) is 12.7. The maximum Gasteiger partial charge on any atom is 0.339 e. The number of hydrogen-bond acceptors (Lipinski definition) is 9. The van der Waals surface area contributed by atoms with Crippen LogP contribution in [0, 0.1) is 28.1 Å². The van der Waals surface area contributed by atoms with E-state index in [0.717, 1.165) is 5.56 Å². The van der Waals surface area contributed by atoms with Gasteiger partial charge < -0.3 is 23.4 Å². The van der Waals surface area contributed by atoms with Gasteiger partial charge in [0, 0.05) is 35.7 Å². The van der Waals surface area contributed by atoms with Crippen LogP contribution >= 0.6 is 0 Å². The number of esters is 3. The molecule has 9 atom stereocenters. The molecular weight excluding hydrogens is 480 g/mol. The quantitative estimate of drug-likeness (QED) is 0.330. The van der Waals surface area contributed by atoms with E-state index in [0.29, 0.717) is 12.8 Å². The Hall–Kier alpha value is -2.68. The molecule has 6 rings (SSSR count). The zero-order chi connectivity index (χ0) is 26.8. The number of rotatable bonds is 2. The summed E-state index contributed by atoms with van der Waals surface area (Å²) in [5.74, 6) is -2.18. The van der Waals surface area contributed by atoms with E-state index in [9.17, 15) is 19.2 Å². The predicted molar refractivity (Wildman–Crippen MR) is 126 cm³/mol. The maximum atomic E-state index is 14.4. The number of ketones is 1. The summed E-state index contributed by atoms with van der Waals surface area (Å²) < 4.78 is 29.3. The molecule has 3 saturated heterocycles. The Balaban J connectivity index is 1.54. The first-order chi connectivity index (χ1) is 17.2. The number of cyclic esters (lactones) is 2. The first kappa shape index (κ1) is 24.6. The normalized spacial score (nSPS) is 47.7. The van der Waals surface area contributed by atoms with E-state index in [1.54, 1.807) is 12.3 Å². The van der Waals surface area contributed by atoms with Crippen molar-refractivity contribution >= 4 is 23.7 Å². The third-order valence-electron chi connectivity index (χ3n) is 10.8. The summed E-state index contributed by atoms with van der Waals surface area (Å²) in [6.45, 7) is 11.0. The number of furan rings is 1. The first-order valence-electron chi connectivity index (χ1n) is 13.1. The van der Waals surface area contributed by atoms with Gasteiger partial charge in [0.1, 0.15) is 29.2 Å². The van der Waals surface area contributed by atoms with Crippen molar-refractivity contribution < 1.29 is 42.5 Å². The highest BCUT2D eigenvalue weighted by molar-refractivity contribution is 5.93. The van der Waals surface area contributed by atoms with E-state index in [4.69, 9.17) is 23.4 Å². The molecule has 200 valence electrons. The van der Waals surface area contributed by atoms with Gasteiger partial charge in [-0.2, -0.15) is 0 Å². The molecule has 0 bridgehead atoms. The zero-order valence-electron chi connectivity index (χ0n) is 22.1. The van der Waals surface area contributed by atoms with Crippen LogP contribution < -0.4 is 0 Å².